The number of benzene rings is 1. The standard InChI is InChI=1S/C7H8O.3C4H9.Sn/c1-6-2-4-7(8)5-3-6;3*1-3-4-2;/h2-5,8H,1H3;3*1,3-4H2,2H3;. The van der Waals surface area contributed by atoms with Gasteiger partial charge in [0.2, 0.25) is 0 Å². The first kappa shape index (κ1) is 20.8. The smallest absolute Gasteiger partial charge is 0.115 e. The zero-order valence-electron chi connectivity index (χ0n) is 14.6. The van der Waals surface area contributed by atoms with Gasteiger partial charge in [-0.05, 0) is 19.1 Å². The molecule has 0 unspecified atom stereocenters. The molecule has 0 atom stereocenters. The Morgan fingerprint density at radius 3 is 1.43 bits per heavy atom. The van der Waals surface area contributed by atoms with E-state index < -0.39 is 19.8 Å². The van der Waals surface area contributed by atoms with Gasteiger partial charge in [0.15, 0.2) is 0 Å². The van der Waals surface area contributed by atoms with Crippen molar-refractivity contribution in [2.75, 3.05) is 0 Å². The first-order valence-corrected chi connectivity index (χ1v) is 14.8. The van der Waals surface area contributed by atoms with E-state index in [0.717, 1.165) is 0 Å². The van der Waals surface area contributed by atoms with Crippen LogP contribution in [0.4, 0.5) is 0 Å². The van der Waals surface area contributed by atoms with Gasteiger partial charge in [0.05, 0.1) is 0 Å². The fourth-order valence-electron chi connectivity index (χ4n) is 2.20. The first-order valence-electron chi connectivity index (χ1n) is 8.73. The summed E-state index contributed by atoms with van der Waals surface area (Å²) in [5, 5.41) is 8.76. The minimum absolute atomic E-state index is 0.329. The average molecular weight is 398 g/mol. The maximum Gasteiger partial charge on any atom is 0.115 e. The van der Waals surface area contributed by atoms with Gasteiger partial charge in [0.1, 0.15) is 5.75 Å². The predicted molar refractivity (Wildman–Crippen MR) is 97.7 cm³/mol. The quantitative estimate of drug-likeness (QED) is 0.466. The minimum atomic E-state index is -0.839. The van der Waals surface area contributed by atoms with Crippen LogP contribution in [-0.2, 0) is 0 Å². The van der Waals surface area contributed by atoms with Gasteiger partial charge in [-0.1, -0.05) is 17.7 Å². The van der Waals surface area contributed by atoms with Crippen LogP contribution in [0.25, 0.3) is 0 Å². The topological polar surface area (TPSA) is 20.2 Å². The van der Waals surface area contributed by atoms with E-state index in [2.05, 4.69) is 20.8 Å². The molecule has 2 heteroatoms. The molecule has 0 spiro atoms. The number of hydrogen-bond acceptors (Lipinski definition) is 1. The number of aryl methyl sites for hydroxylation is 1. The fourth-order valence-corrected chi connectivity index (χ4v) is 11.6. The number of unbranched alkanes of at least 4 members (excludes halogenated alkanes) is 3. The Morgan fingerprint density at radius 2 is 1.14 bits per heavy atom. The largest absolute Gasteiger partial charge is 0.508 e. The fraction of sp³-hybridized carbons (Fsp3) is 0.684. The van der Waals surface area contributed by atoms with Crippen molar-refractivity contribution in [3.8, 4) is 5.75 Å². The van der Waals surface area contributed by atoms with Crippen LogP contribution >= 0.6 is 0 Å². The molecule has 0 saturated carbocycles. The number of phenolic OH excluding ortho intramolecular Hbond substituents is 1. The second-order valence-electron chi connectivity index (χ2n) is 5.90. The van der Waals surface area contributed by atoms with E-state index in [0.29, 0.717) is 5.75 Å². The van der Waals surface area contributed by atoms with Crippen LogP contribution in [0.1, 0.15) is 64.9 Å². The molecule has 0 aromatic heterocycles. The first-order chi connectivity index (χ1) is 10.1. The Balaban J connectivity index is 0.000000423. The average Bonchev–Trinajstić information content (AvgIpc) is 2.50. The summed E-state index contributed by atoms with van der Waals surface area (Å²) in [6, 6.07) is 7.09. The van der Waals surface area contributed by atoms with E-state index in [1.54, 1.807) is 25.4 Å². The van der Waals surface area contributed by atoms with E-state index in [4.69, 9.17) is 5.11 Å². The number of phenols is 1. The Morgan fingerprint density at radius 1 is 0.762 bits per heavy atom. The predicted octanol–water partition coefficient (Wildman–Crippen LogP) is 6.58. The number of hydrogen-bond donors (Lipinski definition) is 1. The number of aromatic hydroxyl groups is 1. The summed E-state index contributed by atoms with van der Waals surface area (Å²) in [6.07, 6.45) is 8.85. The maximum absolute atomic E-state index is 8.76. The van der Waals surface area contributed by atoms with Crippen LogP contribution in [-0.4, -0.2) is 24.9 Å². The van der Waals surface area contributed by atoms with E-state index in [9.17, 15) is 0 Å². The van der Waals surface area contributed by atoms with Crippen LogP contribution in [0.3, 0.4) is 0 Å². The van der Waals surface area contributed by atoms with Gasteiger partial charge in [-0.2, -0.15) is 0 Å². The Bertz CT molecular complexity index is 281. The molecule has 0 aliphatic rings. The molecule has 1 nitrogen and oxygen atoms in total. The van der Waals surface area contributed by atoms with E-state index in [1.807, 2.05) is 19.1 Å². The second kappa shape index (κ2) is 14.7. The van der Waals surface area contributed by atoms with Crippen molar-refractivity contribution in [3.63, 3.8) is 0 Å². The van der Waals surface area contributed by atoms with Crippen molar-refractivity contribution >= 4 is 19.8 Å². The Labute approximate surface area is 139 Å². The van der Waals surface area contributed by atoms with E-state index >= 15 is 0 Å². The van der Waals surface area contributed by atoms with Crippen molar-refractivity contribution in [1.82, 2.24) is 0 Å². The minimum Gasteiger partial charge on any atom is -0.508 e. The summed E-state index contributed by atoms with van der Waals surface area (Å²) >= 11 is -0.839. The monoisotopic (exact) mass is 399 g/mol. The molecule has 121 valence electrons. The molecule has 0 aliphatic carbocycles. The molecular formula is C19H35OSn. The van der Waals surface area contributed by atoms with Gasteiger partial charge < -0.3 is 5.11 Å². The second-order valence-corrected chi connectivity index (χ2v) is 14.5. The van der Waals surface area contributed by atoms with Crippen LogP contribution < -0.4 is 0 Å². The van der Waals surface area contributed by atoms with Gasteiger partial charge in [-0.25, -0.2) is 0 Å². The molecule has 1 N–H and O–H groups in total. The van der Waals surface area contributed by atoms with E-state index in [-0.39, 0.29) is 0 Å². The van der Waals surface area contributed by atoms with Crippen molar-refractivity contribution in [2.24, 2.45) is 0 Å². The van der Waals surface area contributed by atoms with Gasteiger partial charge in [-0.3, -0.25) is 0 Å². The molecule has 0 bridgehead atoms. The number of rotatable bonds is 9. The molecule has 0 amide bonds. The van der Waals surface area contributed by atoms with Crippen molar-refractivity contribution in [3.05, 3.63) is 29.8 Å². The normalized spacial score (nSPS) is 10.3. The van der Waals surface area contributed by atoms with Crippen LogP contribution in [0.2, 0.25) is 13.3 Å². The summed E-state index contributed by atoms with van der Waals surface area (Å²) in [6.45, 7) is 8.99. The van der Waals surface area contributed by atoms with Crippen LogP contribution in [0.5, 0.6) is 5.75 Å². The van der Waals surface area contributed by atoms with Gasteiger partial charge >= 0.3 is 92.4 Å². The molecule has 0 fully saturated rings. The van der Waals surface area contributed by atoms with Gasteiger partial charge in [0.25, 0.3) is 0 Å². The summed E-state index contributed by atoms with van der Waals surface area (Å²) < 4.78 is 5.04. The third kappa shape index (κ3) is 13.2. The van der Waals surface area contributed by atoms with Crippen molar-refractivity contribution < 1.29 is 5.11 Å². The molecule has 1 radical (unpaired) electrons. The molecule has 1 rings (SSSR count). The summed E-state index contributed by atoms with van der Waals surface area (Å²) in [4.78, 5) is 0. The summed E-state index contributed by atoms with van der Waals surface area (Å²) in [5.41, 5.74) is 1.17. The maximum atomic E-state index is 8.76. The summed E-state index contributed by atoms with van der Waals surface area (Å²) in [5.74, 6) is 0.329. The van der Waals surface area contributed by atoms with Crippen molar-refractivity contribution in [1.29, 1.82) is 0 Å². The Kier molecular flexibility index (Phi) is 14.6. The zero-order chi connectivity index (χ0) is 15.9. The van der Waals surface area contributed by atoms with Gasteiger partial charge in [0, 0.05) is 0 Å². The van der Waals surface area contributed by atoms with Crippen molar-refractivity contribution in [2.45, 2.75) is 79.5 Å². The molecular weight excluding hydrogens is 363 g/mol. The third-order valence-corrected chi connectivity index (χ3v) is 12.8. The molecule has 1 aromatic rings. The van der Waals surface area contributed by atoms with E-state index in [1.165, 1.54) is 44.1 Å². The molecule has 0 saturated heterocycles. The molecule has 21 heavy (non-hydrogen) atoms. The third-order valence-electron chi connectivity index (χ3n) is 3.69. The molecule has 0 heterocycles. The molecule has 0 aliphatic heterocycles. The molecule has 1 aromatic carbocycles. The van der Waals surface area contributed by atoms with Gasteiger partial charge in [-0.15, -0.1) is 0 Å². The van der Waals surface area contributed by atoms with Crippen LogP contribution in [0, 0.1) is 6.92 Å². The van der Waals surface area contributed by atoms with Crippen LogP contribution in [0.15, 0.2) is 24.3 Å². The summed E-state index contributed by atoms with van der Waals surface area (Å²) in [7, 11) is 0. The Hall–Kier alpha value is -0.181. The zero-order valence-corrected chi connectivity index (χ0v) is 17.5. The SMILES string of the molecule is CCC[CH2][Sn]([CH2]CCC)[CH2]CCC.Cc1ccc(O)cc1.